The van der Waals surface area contributed by atoms with Gasteiger partial charge in [0.25, 0.3) is 0 Å². The van der Waals surface area contributed by atoms with Crippen molar-refractivity contribution in [2.75, 3.05) is 19.8 Å². The van der Waals surface area contributed by atoms with Crippen LogP contribution in [0.25, 0.3) is 0 Å². The molecule has 1 atom stereocenters. The molecule has 0 aromatic carbocycles. The molecule has 0 radical (unpaired) electrons. The van der Waals surface area contributed by atoms with Gasteiger partial charge in [0.2, 0.25) is 0 Å². The summed E-state index contributed by atoms with van der Waals surface area (Å²) in [4.78, 5) is 5.92. The Morgan fingerprint density at radius 1 is 1.62 bits per heavy atom. The number of hydrogen-bond acceptors (Lipinski definition) is 4. The molecule has 0 spiro atoms. The Hall–Kier alpha value is -0.450. The first kappa shape index (κ1) is 12.0. The molecule has 2 heterocycles. The highest BCUT2D eigenvalue weighted by Crippen LogP contribution is 2.35. The fourth-order valence-electron chi connectivity index (χ4n) is 2.08. The molecule has 0 amide bonds. The van der Waals surface area contributed by atoms with Gasteiger partial charge in [-0.15, -0.1) is 11.3 Å². The fraction of sp³-hybridized carbons (Fsp3) is 0.750. The molecule has 2 rings (SSSR count). The van der Waals surface area contributed by atoms with E-state index in [-0.39, 0.29) is 5.41 Å². The Labute approximate surface area is 101 Å². The third-order valence-electron chi connectivity index (χ3n) is 3.14. The molecule has 1 fully saturated rings. The normalized spacial score (nSPS) is 25.9. The Bertz CT molecular complexity index is 332. The minimum atomic E-state index is 0.143. The van der Waals surface area contributed by atoms with E-state index in [4.69, 9.17) is 10.5 Å². The molecule has 1 aliphatic heterocycles. The van der Waals surface area contributed by atoms with Crippen molar-refractivity contribution in [3.63, 3.8) is 0 Å². The number of aromatic nitrogens is 1. The number of aryl methyl sites for hydroxylation is 1. The van der Waals surface area contributed by atoms with Crippen LogP contribution in [0.1, 0.15) is 36.1 Å². The summed E-state index contributed by atoms with van der Waals surface area (Å²) < 4.78 is 5.58. The van der Waals surface area contributed by atoms with E-state index in [0.29, 0.717) is 0 Å². The van der Waals surface area contributed by atoms with Crippen molar-refractivity contribution >= 4 is 11.3 Å². The van der Waals surface area contributed by atoms with Crippen LogP contribution in [0.5, 0.6) is 0 Å². The summed E-state index contributed by atoms with van der Waals surface area (Å²) in [6.07, 6.45) is 6.46. The van der Waals surface area contributed by atoms with Gasteiger partial charge in [-0.25, -0.2) is 4.98 Å². The van der Waals surface area contributed by atoms with Crippen LogP contribution in [0.3, 0.4) is 0 Å². The van der Waals surface area contributed by atoms with Gasteiger partial charge < -0.3 is 10.5 Å². The highest BCUT2D eigenvalue weighted by molar-refractivity contribution is 7.11. The first-order chi connectivity index (χ1) is 7.74. The second kappa shape index (κ2) is 5.25. The average Bonchev–Trinajstić information content (AvgIpc) is 2.77. The second-order valence-electron chi connectivity index (χ2n) is 4.74. The molecule has 1 aliphatic rings. The number of thiazole rings is 1. The summed E-state index contributed by atoms with van der Waals surface area (Å²) in [5, 5.41) is 1.24. The van der Waals surface area contributed by atoms with E-state index in [1.54, 1.807) is 0 Å². The smallest absolute Gasteiger partial charge is 0.101 e. The van der Waals surface area contributed by atoms with Crippen LogP contribution in [-0.2, 0) is 16.6 Å². The van der Waals surface area contributed by atoms with Crippen molar-refractivity contribution < 1.29 is 4.74 Å². The third-order valence-corrected chi connectivity index (χ3v) is 4.50. The standard InChI is InChI=1S/C12H20N2OS/c1-12(5-3-7-15-9-12)11-14-8-10(16-11)4-2-6-13/h8H,2-7,9,13H2,1H3. The molecule has 90 valence electrons. The van der Waals surface area contributed by atoms with Gasteiger partial charge in [-0.05, 0) is 32.2 Å². The van der Waals surface area contributed by atoms with Gasteiger partial charge in [0.1, 0.15) is 5.01 Å². The summed E-state index contributed by atoms with van der Waals surface area (Å²) >= 11 is 1.83. The van der Waals surface area contributed by atoms with Crippen LogP contribution >= 0.6 is 11.3 Å². The molecule has 2 N–H and O–H groups in total. The Morgan fingerprint density at radius 2 is 2.50 bits per heavy atom. The quantitative estimate of drug-likeness (QED) is 0.877. The predicted molar refractivity (Wildman–Crippen MR) is 66.9 cm³/mol. The van der Waals surface area contributed by atoms with E-state index in [2.05, 4.69) is 11.9 Å². The maximum Gasteiger partial charge on any atom is 0.101 e. The van der Waals surface area contributed by atoms with E-state index in [1.807, 2.05) is 17.5 Å². The highest BCUT2D eigenvalue weighted by atomic mass is 32.1. The topological polar surface area (TPSA) is 48.1 Å². The lowest BCUT2D eigenvalue weighted by Crippen LogP contribution is -2.32. The molecule has 0 bridgehead atoms. The molecule has 1 aromatic heterocycles. The van der Waals surface area contributed by atoms with E-state index < -0.39 is 0 Å². The monoisotopic (exact) mass is 240 g/mol. The Balaban J connectivity index is 2.05. The van der Waals surface area contributed by atoms with Gasteiger partial charge >= 0.3 is 0 Å². The molecular formula is C12H20N2OS. The minimum Gasteiger partial charge on any atom is -0.380 e. The van der Waals surface area contributed by atoms with Gasteiger partial charge in [0.15, 0.2) is 0 Å². The van der Waals surface area contributed by atoms with Crippen molar-refractivity contribution in [3.05, 3.63) is 16.1 Å². The first-order valence-corrected chi connectivity index (χ1v) is 6.79. The molecular weight excluding hydrogens is 220 g/mol. The van der Waals surface area contributed by atoms with Crippen LogP contribution in [0.15, 0.2) is 6.20 Å². The lowest BCUT2D eigenvalue weighted by atomic mass is 9.85. The fourth-order valence-corrected chi connectivity index (χ4v) is 3.19. The maximum absolute atomic E-state index is 5.58. The Kier molecular flexibility index (Phi) is 3.95. The second-order valence-corrected chi connectivity index (χ2v) is 5.86. The van der Waals surface area contributed by atoms with E-state index in [9.17, 15) is 0 Å². The molecule has 0 aliphatic carbocycles. The van der Waals surface area contributed by atoms with Crippen LogP contribution in [-0.4, -0.2) is 24.7 Å². The minimum absolute atomic E-state index is 0.143. The summed E-state index contributed by atoms with van der Waals surface area (Å²) in [6, 6.07) is 0. The summed E-state index contributed by atoms with van der Waals surface area (Å²) in [5.41, 5.74) is 5.66. The summed E-state index contributed by atoms with van der Waals surface area (Å²) in [7, 11) is 0. The van der Waals surface area contributed by atoms with Crippen molar-refractivity contribution in [1.29, 1.82) is 0 Å². The molecule has 1 aromatic rings. The van der Waals surface area contributed by atoms with Gasteiger partial charge in [-0.1, -0.05) is 6.92 Å². The van der Waals surface area contributed by atoms with Gasteiger partial charge in [-0.2, -0.15) is 0 Å². The largest absolute Gasteiger partial charge is 0.380 e. The lowest BCUT2D eigenvalue weighted by molar-refractivity contribution is 0.0418. The molecule has 3 nitrogen and oxygen atoms in total. The SMILES string of the molecule is CC1(c2ncc(CCCN)s2)CCCOC1. The number of hydrogen-bond donors (Lipinski definition) is 1. The van der Waals surface area contributed by atoms with E-state index >= 15 is 0 Å². The van der Waals surface area contributed by atoms with Crippen molar-refractivity contribution in [2.45, 2.75) is 38.0 Å². The average molecular weight is 240 g/mol. The third kappa shape index (κ3) is 2.62. The predicted octanol–water partition coefficient (Wildman–Crippen LogP) is 2.10. The molecule has 1 unspecified atom stereocenters. The van der Waals surface area contributed by atoms with Gasteiger partial charge in [0, 0.05) is 23.1 Å². The molecule has 16 heavy (non-hydrogen) atoms. The number of ether oxygens (including phenoxy) is 1. The van der Waals surface area contributed by atoms with E-state index in [1.165, 1.54) is 16.3 Å². The summed E-state index contributed by atoms with van der Waals surface area (Å²) in [5.74, 6) is 0. The highest BCUT2D eigenvalue weighted by Gasteiger charge is 2.32. The number of rotatable bonds is 4. The van der Waals surface area contributed by atoms with Crippen LogP contribution in [0.4, 0.5) is 0 Å². The van der Waals surface area contributed by atoms with Crippen molar-refractivity contribution in [3.8, 4) is 0 Å². The van der Waals surface area contributed by atoms with Gasteiger partial charge in [-0.3, -0.25) is 0 Å². The molecule has 4 heteroatoms. The van der Waals surface area contributed by atoms with Gasteiger partial charge in [0.05, 0.1) is 6.61 Å². The zero-order valence-electron chi connectivity index (χ0n) is 9.87. The van der Waals surface area contributed by atoms with Crippen LogP contribution in [0.2, 0.25) is 0 Å². The summed E-state index contributed by atoms with van der Waals surface area (Å²) in [6.45, 7) is 4.74. The van der Waals surface area contributed by atoms with Crippen LogP contribution in [0, 0.1) is 0 Å². The first-order valence-electron chi connectivity index (χ1n) is 5.97. The van der Waals surface area contributed by atoms with Crippen molar-refractivity contribution in [2.24, 2.45) is 5.73 Å². The zero-order chi connectivity index (χ0) is 11.4. The lowest BCUT2D eigenvalue weighted by Gasteiger charge is -2.31. The molecule has 0 saturated carbocycles. The molecule has 1 saturated heterocycles. The number of nitrogens with zero attached hydrogens (tertiary/aromatic N) is 1. The zero-order valence-corrected chi connectivity index (χ0v) is 10.7. The Morgan fingerprint density at radius 3 is 3.19 bits per heavy atom. The van der Waals surface area contributed by atoms with Crippen LogP contribution < -0.4 is 5.73 Å². The maximum atomic E-state index is 5.58. The van der Waals surface area contributed by atoms with Crippen molar-refractivity contribution in [1.82, 2.24) is 4.98 Å². The van der Waals surface area contributed by atoms with E-state index in [0.717, 1.165) is 39.0 Å². The number of nitrogens with two attached hydrogens (primary N) is 1.